The summed E-state index contributed by atoms with van der Waals surface area (Å²) in [6, 6.07) is 6.50. The summed E-state index contributed by atoms with van der Waals surface area (Å²) in [6.45, 7) is 5.12. The minimum Gasteiger partial charge on any atom is -0.396 e. The second-order valence-corrected chi connectivity index (χ2v) is 5.86. The molecule has 0 spiro atoms. The maximum atomic E-state index is 12.6. The number of aryl methyl sites for hydroxylation is 2. The van der Waals surface area contributed by atoms with Gasteiger partial charge in [0.25, 0.3) is 0 Å². The summed E-state index contributed by atoms with van der Waals surface area (Å²) >= 11 is 0. The fourth-order valence-electron chi connectivity index (χ4n) is 3.03. The number of likely N-dealkylation sites (tertiary alicyclic amines) is 1. The molecular formula is C17H25NO2. The third-order valence-corrected chi connectivity index (χ3v) is 4.26. The first kappa shape index (κ1) is 15.0. The van der Waals surface area contributed by atoms with Crippen molar-refractivity contribution >= 4 is 5.91 Å². The van der Waals surface area contributed by atoms with Gasteiger partial charge >= 0.3 is 0 Å². The van der Waals surface area contributed by atoms with Crippen molar-refractivity contribution in [1.29, 1.82) is 0 Å². The van der Waals surface area contributed by atoms with E-state index >= 15 is 0 Å². The van der Waals surface area contributed by atoms with Crippen LogP contribution in [0.25, 0.3) is 0 Å². The van der Waals surface area contributed by atoms with Crippen molar-refractivity contribution < 1.29 is 9.90 Å². The van der Waals surface area contributed by atoms with Gasteiger partial charge < -0.3 is 10.0 Å². The van der Waals surface area contributed by atoms with Gasteiger partial charge in [0, 0.05) is 19.2 Å². The molecule has 1 aliphatic heterocycles. The molecule has 1 atom stereocenters. The largest absolute Gasteiger partial charge is 0.396 e. The maximum Gasteiger partial charge on any atom is 0.227 e. The fourth-order valence-corrected chi connectivity index (χ4v) is 3.03. The van der Waals surface area contributed by atoms with E-state index in [9.17, 15) is 4.79 Å². The molecule has 1 fully saturated rings. The van der Waals surface area contributed by atoms with E-state index in [4.69, 9.17) is 5.11 Å². The number of hydrogen-bond donors (Lipinski definition) is 1. The van der Waals surface area contributed by atoms with Crippen LogP contribution in [0.3, 0.4) is 0 Å². The van der Waals surface area contributed by atoms with Gasteiger partial charge in [-0.2, -0.15) is 0 Å². The van der Waals surface area contributed by atoms with Crippen LogP contribution in [0.5, 0.6) is 0 Å². The first-order chi connectivity index (χ1) is 9.61. The smallest absolute Gasteiger partial charge is 0.227 e. The van der Waals surface area contributed by atoms with Gasteiger partial charge in [0.2, 0.25) is 5.91 Å². The molecule has 0 aliphatic carbocycles. The minimum atomic E-state index is 0.165. The molecule has 1 aliphatic rings. The predicted molar refractivity (Wildman–Crippen MR) is 80.7 cm³/mol. The van der Waals surface area contributed by atoms with Crippen LogP contribution in [0, 0.1) is 13.8 Å². The maximum absolute atomic E-state index is 12.6. The van der Waals surface area contributed by atoms with Gasteiger partial charge in [-0.25, -0.2) is 0 Å². The topological polar surface area (TPSA) is 40.5 Å². The van der Waals surface area contributed by atoms with Crippen molar-refractivity contribution in [3.05, 3.63) is 34.9 Å². The zero-order valence-electron chi connectivity index (χ0n) is 12.6. The Labute approximate surface area is 121 Å². The zero-order chi connectivity index (χ0) is 14.5. The molecule has 1 saturated heterocycles. The van der Waals surface area contributed by atoms with E-state index in [2.05, 4.69) is 32.0 Å². The van der Waals surface area contributed by atoms with Crippen molar-refractivity contribution in [3.63, 3.8) is 0 Å². The Bertz CT molecular complexity index is 468. The summed E-state index contributed by atoms with van der Waals surface area (Å²) < 4.78 is 0. The number of rotatable bonds is 4. The summed E-state index contributed by atoms with van der Waals surface area (Å²) in [4.78, 5) is 14.5. The van der Waals surface area contributed by atoms with Crippen molar-refractivity contribution in [3.8, 4) is 0 Å². The Kier molecular flexibility index (Phi) is 5.18. The molecule has 1 amide bonds. The number of aliphatic hydroxyl groups excluding tert-OH is 1. The molecule has 0 radical (unpaired) electrons. The molecule has 20 heavy (non-hydrogen) atoms. The van der Waals surface area contributed by atoms with Gasteiger partial charge in [0.15, 0.2) is 0 Å². The summed E-state index contributed by atoms with van der Waals surface area (Å²) in [6.07, 6.45) is 4.46. The van der Waals surface area contributed by atoms with Crippen molar-refractivity contribution in [2.75, 3.05) is 13.2 Å². The second kappa shape index (κ2) is 6.89. The lowest BCUT2D eigenvalue weighted by molar-refractivity contribution is -0.134. The fraction of sp³-hybridized carbons (Fsp3) is 0.588. The number of nitrogens with zero attached hydrogens (tertiary/aromatic N) is 1. The van der Waals surface area contributed by atoms with Crippen molar-refractivity contribution in [1.82, 2.24) is 4.90 Å². The molecule has 0 bridgehead atoms. The second-order valence-electron chi connectivity index (χ2n) is 5.86. The lowest BCUT2D eigenvalue weighted by Crippen LogP contribution is -2.44. The predicted octanol–water partition coefficient (Wildman–Crippen LogP) is 2.61. The van der Waals surface area contributed by atoms with Crippen LogP contribution in [0.4, 0.5) is 0 Å². The van der Waals surface area contributed by atoms with E-state index < -0.39 is 0 Å². The highest BCUT2D eigenvalue weighted by Crippen LogP contribution is 2.21. The molecule has 110 valence electrons. The summed E-state index contributed by atoms with van der Waals surface area (Å²) in [5.74, 6) is 0.205. The van der Waals surface area contributed by atoms with E-state index in [1.807, 2.05) is 4.90 Å². The molecule has 1 unspecified atom stereocenters. The molecule has 2 rings (SSSR count). The van der Waals surface area contributed by atoms with Crippen molar-refractivity contribution in [2.24, 2.45) is 0 Å². The SMILES string of the molecule is Cc1ccc(C)c(CC(=O)N2CCCCC2CCO)c1. The van der Waals surface area contributed by atoms with Gasteiger partial charge in [0.05, 0.1) is 6.42 Å². The molecule has 1 heterocycles. The highest BCUT2D eigenvalue weighted by atomic mass is 16.3. The molecule has 0 saturated carbocycles. The molecule has 1 aromatic rings. The van der Waals surface area contributed by atoms with Crippen LogP contribution in [0.15, 0.2) is 18.2 Å². The summed E-state index contributed by atoms with van der Waals surface area (Å²) in [7, 11) is 0. The highest BCUT2D eigenvalue weighted by Gasteiger charge is 2.26. The van der Waals surface area contributed by atoms with Gasteiger partial charge in [-0.15, -0.1) is 0 Å². The Morgan fingerprint density at radius 1 is 1.35 bits per heavy atom. The number of hydrogen-bond acceptors (Lipinski definition) is 2. The molecule has 1 N–H and O–H groups in total. The summed E-state index contributed by atoms with van der Waals surface area (Å²) in [5.41, 5.74) is 3.51. The van der Waals surface area contributed by atoms with Crippen molar-refractivity contribution in [2.45, 2.75) is 52.0 Å². The Morgan fingerprint density at radius 3 is 2.90 bits per heavy atom. The van der Waals surface area contributed by atoms with E-state index in [1.54, 1.807) is 0 Å². The van der Waals surface area contributed by atoms with E-state index in [0.29, 0.717) is 12.8 Å². The monoisotopic (exact) mass is 275 g/mol. The van der Waals surface area contributed by atoms with Crippen LogP contribution >= 0.6 is 0 Å². The quantitative estimate of drug-likeness (QED) is 0.917. The average Bonchev–Trinajstić information content (AvgIpc) is 2.44. The van der Waals surface area contributed by atoms with Gasteiger partial charge in [0.1, 0.15) is 0 Å². The number of amides is 1. The average molecular weight is 275 g/mol. The minimum absolute atomic E-state index is 0.165. The Balaban J connectivity index is 2.07. The zero-order valence-corrected chi connectivity index (χ0v) is 12.6. The van der Waals surface area contributed by atoms with Crippen LogP contribution in [0.2, 0.25) is 0 Å². The molecule has 1 aromatic carbocycles. The standard InChI is InChI=1S/C17H25NO2/c1-13-6-7-14(2)15(11-13)12-17(20)18-9-4-3-5-16(18)8-10-19/h6-7,11,16,19H,3-5,8-10,12H2,1-2H3. The van der Waals surface area contributed by atoms with E-state index in [0.717, 1.165) is 31.4 Å². The Morgan fingerprint density at radius 2 is 2.15 bits per heavy atom. The number of piperidine rings is 1. The molecular weight excluding hydrogens is 250 g/mol. The third-order valence-electron chi connectivity index (χ3n) is 4.26. The van der Waals surface area contributed by atoms with Crippen LogP contribution in [-0.2, 0) is 11.2 Å². The lowest BCUT2D eigenvalue weighted by Gasteiger charge is -2.35. The van der Waals surface area contributed by atoms with Crippen LogP contribution in [0.1, 0.15) is 42.4 Å². The normalized spacial score (nSPS) is 19.1. The first-order valence-corrected chi connectivity index (χ1v) is 7.58. The highest BCUT2D eigenvalue weighted by molar-refractivity contribution is 5.79. The van der Waals surface area contributed by atoms with Crippen LogP contribution in [-0.4, -0.2) is 35.1 Å². The molecule has 3 heteroatoms. The number of aliphatic hydroxyl groups is 1. The van der Waals surface area contributed by atoms with Gasteiger partial charge in [-0.05, 0) is 50.7 Å². The molecule has 0 aromatic heterocycles. The van der Waals surface area contributed by atoms with E-state index in [-0.39, 0.29) is 18.6 Å². The van der Waals surface area contributed by atoms with Crippen LogP contribution < -0.4 is 0 Å². The first-order valence-electron chi connectivity index (χ1n) is 7.58. The number of benzene rings is 1. The third kappa shape index (κ3) is 3.60. The van der Waals surface area contributed by atoms with Gasteiger partial charge in [-0.3, -0.25) is 4.79 Å². The van der Waals surface area contributed by atoms with Gasteiger partial charge in [-0.1, -0.05) is 23.8 Å². The number of carbonyl (C=O) groups excluding carboxylic acids is 1. The lowest BCUT2D eigenvalue weighted by atomic mass is 9.97. The molecule has 3 nitrogen and oxygen atoms in total. The number of carbonyl (C=O) groups is 1. The summed E-state index contributed by atoms with van der Waals surface area (Å²) in [5, 5.41) is 9.15. The Hall–Kier alpha value is -1.35. The van der Waals surface area contributed by atoms with E-state index in [1.165, 1.54) is 11.1 Å².